The first-order valence-electron chi connectivity index (χ1n) is 7.50. The summed E-state index contributed by atoms with van der Waals surface area (Å²) < 4.78 is 0.280. The number of anilines is 1. The lowest BCUT2D eigenvalue weighted by Crippen LogP contribution is -2.36. The number of rotatable bonds is 5. The van der Waals surface area contributed by atoms with Gasteiger partial charge in [0.1, 0.15) is 22.2 Å². The smallest absolute Gasteiger partial charge is 0.339 e. The number of carboxylic acids is 1. The van der Waals surface area contributed by atoms with Gasteiger partial charge in [-0.1, -0.05) is 30.0 Å². The first-order valence-corrected chi connectivity index (χ1v) is 9.60. The summed E-state index contributed by atoms with van der Waals surface area (Å²) in [6.07, 6.45) is 1.73. The molecular formula is C17H12N2O5S3. The van der Waals surface area contributed by atoms with E-state index in [0.717, 1.165) is 22.7 Å². The molecule has 0 aliphatic carbocycles. The van der Waals surface area contributed by atoms with E-state index in [0.29, 0.717) is 4.91 Å². The van der Waals surface area contributed by atoms with E-state index in [4.69, 9.17) is 17.3 Å². The summed E-state index contributed by atoms with van der Waals surface area (Å²) >= 11 is 7.80. The number of hydrogen-bond acceptors (Lipinski definition) is 7. The van der Waals surface area contributed by atoms with Crippen LogP contribution in [0.3, 0.4) is 0 Å². The van der Waals surface area contributed by atoms with Crippen LogP contribution in [0.15, 0.2) is 40.6 Å². The number of hydrogen-bond donors (Lipinski definition) is 3. The van der Waals surface area contributed by atoms with Crippen molar-refractivity contribution in [2.24, 2.45) is 0 Å². The van der Waals surface area contributed by atoms with Gasteiger partial charge in [-0.05, 0) is 29.7 Å². The van der Waals surface area contributed by atoms with Gasteiger partial charge >= 0.3 is 5.97 Å². The number of benzene rings is 1. The van der Waals surface area contributed by atoms with Crippen LogP contribution in [0.4, 0.5) is 5.69 Å². The molecule has 0 saturated carbocycles. The standard InChI is InChI=1S/C17H12N2O5S3/c20-12-6-9(3-4-11(12)16(23)24)18-14(21)8-19-15(22)13(27-17(19)25)7-10-2-1-5-26-10/h1-7,20H,8H2,(H,18,21)(H,23,24). The van der Waals surface area contributed by atoms with Crippen molar-refractivity contribution in [1.82, 2.24) is 4.90 Å². The first-order chi connectivity index (χ1) is 12.8. The molecule has 1 fully saturated rings. The number of aromatic hydroxyl groups is 1. The van der Waals surface area contributed by atoms with Gasteiger partial charge in [0.25, 0.3) is 5.91 Å². The van der Waals surface area contributed by atoms with Crippen molar-refractivity contribution in [2.75, 3.05) is 11.9 Å². The molecule has 27 heavy (non-hydrogen) atoms. The second-order valence-electron chi connectivity index (χ2n) is 5.37. The molecule has 1 aliphatic heterocycles. The van der Waals surface area contributed by atoms with E-state index in [1.165, 1.54) is 28.4 Å². The third-order valence-corrected chi connectivity index (χ3v) is 5.70. The molecule has 7 nitrogen and oxygen atoms in total. The summed E-state index contributed by atoms with van der Waals surface area (Å²) in [5.41, 5.74) is -0.0641. The fourth-order valence-electron chi connectivity index (χ4n) is 2.27. The number of carbonyl (C=O) groups is 3. The summed E-state index contributed by atoms with van der Waals surface area (Å²) in [4.78, 5) is 38.1. The molecule has 0 radical (unpaired) electrons. The maximum Gasteiger partial charge on any atom is 0.339 e. The second-order valence-corrected chi connectivity index (χ2v) is 8.02. The molecule has 1 aliphatic rings. The minimum Gasteiger partial charge on any atom is -0.507 e. The number of aromatic carboxylic acids is 1. The average Bonchev–Trinajstić information content (AvgIpc) is 3.19. The number of thioether (sulfide) groups is 1. The molecule has 1 aromatic heterocycles. The highest BCUT2D eigenvalue weighted by Crippen LogP contribution is 2.33. The van der Waals surface area contributed by atoms with Crippen LogP contribution < -0.4 is 5.32 Å². The molecule has 1 aromatic carbocycles. The highest BCUT2D eigenvalue weighted by molar-refractivity contribution is 8.26. The molecule has 0 bridgehead atoms. The number of nitrogens with zero attached hydrogens (tertiary/aromatic N) is 1. The van der Waals surface area contributed by atoms with E-state index in [9.17, 15) is 19.5 Å². The van der Waals surface area contributed by atoms with Gasteiger partial charge in [-0.15, -0.1) is 11.3 Å². The lowest BCUT2D eigenvalue weighted by atomic mass is 10.2. The quantitative estimate of drug-likeness (QED) is 0.504. The largest absolute Gasteiger partial charge is 0.507 e. The lowest BCUT2D eigenvalue weighted by Gasteiger charge is -2.14. The Kier molecular flexibility index (Phi) is 5.59. The summed E-state index contributed by atoms with van der Waals surface area (Å²) in [5.74, 6) is -2.62. The second kappa shape index (κ2) is 7.91. The number of carboxylic acid groups (broad SMARTS) is 1. The fourth-order valence-corrected chi connectivity index (χ4v) is 4.25. The Morgan fingerprint density at radius 3 is 2.70 bits per heavy atom. The zero-order valence-electron chi connectivity index (χ0n) is 13.5. The van der Waals surface area contributed by atoms with Crippen LogP contribution >= 0.6 is 35.3 Å². The number of phenols is 1. The van der Waals surface area contributed by atoms with Crippen LogP contribution in [0, 0.1) is 0 Å². The van der Waals surface area contributed by atoms with E-state index in [1.54, 1.807) is 6.08 Å². The number of thiocarbonyl (C=S) groups is 1. The molecule has 0 atom stereocenters. The molecule has 2 aromatic rings. The van der Waals surface area contributed by atoms with Crippen molar-refractivity contribution in [1.29, 1.82) is 0 Å². The van der Waals surface area contributed by atoms with Crippen molar-refractivity contribution in [2.45, 2.75) is 0 Å². The van der Waals surface area contributed by atoms with E-state index < -0.39 is 17.6 Å². The van der Waals surface area contributed by atoms with Crippen molar-refractivity contribution >= 4 is 69.2 Å². The minimum atomic E-state index is -1.28. The van der Waals surface area contributed by atoms with E-state index in [2.05, 4.69) is 5.32 Å². The van der Waals surface area contributed by atoms with Gasteiger partial charge in [-0.25, -0.2) is 4.79 Å². The zero-order valence-corrected chi connectivity index (χ0v) is 16.0. The van der Waals surface area contributed by atoms with Crippen LogP contribution in [-0.4, -0.2) is 43.8 Å². The Hall–Kier alpha value is -2.69. The molecule has 138 valence electrons. The number of thiophene rings is 1. The van der Waals surface area contributed by atoms with Crippen LogP contribution in [0.25, 0.3) is 6.08 Å². The SMILES string of the molecule is O=C(CN1C(=O)C(=Cc2cccs2)SC1=S)Nc1ccc(C(=O)O)c(O)c1. The molecule has 3 N–H and O–H groups in total. The molecular weight excluding hydrogens is 408 g/mol. The zero-order chi connectivity index (χ0) is 19.6. The molecule has 2 heterocycles. The van der Waals surface area contributed by atoms with Crippen molar-refractivity contribution < 1.29 is 24.6 Å². The number of nitrogens with one attached hydrogen (secondary N) is 1. The predicted octanol–water partition coefficient (Wildman–Crippen LogP) is 2.99. The van der Waals surface area contributed by atoms with Crippen LogP contribution in [-0.2, 0) is 9.59 Å². The highest BCUT2D eigenvalue weighted by Gasteiger charge is 2.33. The molecule has 0 unspecified atom stereocenters. The molecule has 3 rings (SSSR count). The van der Waals surface area contributed by atoms with E-state index in [1.807, 2.05) is 17.5 Å². The van der Waals surface area contributed by atoms with Gasteiger partial charge in [0, 0.05) is 16.6 Å². The van der Waals surface area contributed by atoms with Crippen molar-refractivity contribution in [3.8, 4) is 5.75 Å². The normalized spacial score (nSPS) is 15.4. The highest BCUT2D eigenvalue weighted by atomic mass is 32.2. The third-order valence-electron chi connectivity index (χ3n) is 3.50. The number of carbonyl (C=O) groups excluding carboxylic acids is 2. The number of amides is 2. The summed E-state index contributed by atoms with van der Waals surface area (Å²) in [7, 11) is 0. The summed E-state index contributed by atoms with van der Waals surface area (Å²) in [6, 6.07) is 7.40. The van der Waals surface area contributed by atoms with Gasteiger partial charge in [-0.2, -0.15) is 0 Å². The Balaban J connectivity index is 1.67. The van der Waals surface area contributed by atoms with Crippen molar-refractivity contribution in [3.63, 3.8) is 0 Å². The Bertz CT molecular complexity index is 969. The topological polar surface area (TPSA) is 107 Å². The van der Waals surface area contributed by atoms with Gasteiger partial charge in [0.05, 0.1) is 4.91 Å². The Morgan fingerprint density at radius 1 is 1.30 bits per heavy atom. The fraction of sp³-hybridized carbons (Fsp3) is 0.0588. The summed E-state index contributed by atoms with van der Waals surface area (Å²) in [5, 5.41) is 23.0. The van der Waals surface area contributed by atoms with Gasteiger partial charge in [0.15, 0.2) is 0 Å². The van der Waals surface area contributed by atoms with Crippen molar-refractivity contribution in [3.05, 3.63) is 51.1 Å². The molecule has 0 spiro atoms. The summed E-state index contributed by atoms with van der Waals surface area (Å²) in [6.45, 7) is -0.284. The van der Waals surface area contributed by atoms with Crippen LogP contribution in [0.5, 0.6) is 5.75 Å². The lowest BCUT2D eigenvalue weighted by molar-refractivity contribution is -0.126. The maximum absolute atomic E-state index is 12.5. The van der Waals surface area contributed by atoms with E-state index >= 15 is 0 Å². The van der Waals surface area contributed by atoms with Crippen LogP contribution in [0.2, 0.25) is 0 Å². The average molecular weight is 420 g/mol. The first kappa shape index (κ1) is 19.1. The third kappa shape index (κ3) is 4.35. The van der Waals surface area contributed by atoms with Gasteiger partial charge < -0.3 is 15.5 Å². The minimum absolute atomic E-state index is 0.210. The Labute approximate surface area is 167 Å². The predicted molar refractivity (Wildman–Crippen MR) is 108 cm³/mol. The Morgan fingerprint density at radius 2 is 2.07 bits per heavy atom. The monoisotopic (exact) mass is 420 g/mol. The van der Waals surface area contributed by atoms with E-state index in [-0.39, 0.29) is 28.0 Å². The van der Waals surface area contributed by atoms with Gasteiger partial charge in [-0.3, -0.25) is 14.5 Å². The molecule has 1 saturated heterocycles. The van der Waals surface area contributed by atoms with Crippen LogP contribution in [0.1, 0.15) is 15.2 Å². The maximum atomic E-state index is 12.5. The molecule has 2 amide bonds. The van der Waals surface area contributed by atoms with Gasteiger partial charge in [0.2, 0.25) is 5.91 Å². The molecule has 10 heteroatoms.